The van der Waals surface area contributed by atoms with Crippen LogP contribution < -0.4 is 5.32 Å². The van der Waals surface area contributed by atoms with E-state index in [-0.39, 0.29) is 12.0 Å². The van der Waals surface area contributed by atoms with E-state index in [1.165, 1.54) is 0 Å². The molecule has 1 aliphatic carbocycles. The van der Waals surface area contributed by atoms with E-state index in [1.54, 1.807) is 6.92 Å². The number of hydrogen-bond donors (Lipinski definition) is 3. The molecule has 4 heteroatoms. The largest absolute Gasteiger partial charge is 0.481 e. The van der Waals surface area contributed by atoms with Gasteiger partial charge in [-0.1, -0.05) is 0 Å². The first-order valence-corrected chi connectivity index (χ1v) is 4.25. The summed E-state index contributed by atoms with van der Waals surface area (Å²) in [5.74, 6) is -0.979. The van der Waals surface area contributed by atoms with Crippen LogP contribution in [-0.4, -0.2) is 34.9 Å². The first-order valence-electron chi connectivity index (χ1n) is 4.25. The van der Waals surface area contributed by atoms with Crippen LogP contribution in [0.3, 0.4) is 0 Å². The van der Waals surface area contributed by atoms with Gasteiger partial charge in [0.25, 0.3) is 0 Å². The number of carbonyl (C=O) groups is 1. The lowest BCUT2D eigenvalue weighted by Gasteiger charge is -2.34. The van der Waals surface area contributed by atoms with Crippen molar-refractivity contribution in [2.24, 2.45) is 5.92 Å². The fraction of sp³-hybridized carbons (Fsp3) is 0.875. The minimum absolute atomic E-state index is 0.0668. The molecule has 3 unspecified atom stereocenters. The van der Waals surface area contributed by atoms with E-state index in [0.29, 0.717) is 6.54 Å². The maximum absolute atomic E-state index is 10.5. The zero-order valence-electron chi connectivity index (χ0n) is 7.16. The van der Waals surface area contributed by atoms with Gasteiger partial charge < -0.3 is 15.5 Å². The van der Waals surface area contributed by atoms with E-state index in [0.717, 1.165) is 12.8 Å². The van der Waals surface area contributed by atoms with Crippen LogP contribution in [-0.2, 0) is 4.79 Å². The van der Waals surface area contributed by atoms with Gasteiger partial charge in [-0.25, -0.2) is 0 Å². The van der Waals surface area contributed by atoms with Gasteiger partial charge in [-0.2, -0.15) is 0 Å². The lowest BCUT2D eigenvalue weighted by molar-refractivity contribution is -0.146. The zero-order valence-corrected chi connectivity index (χ0v) is 7.16. The van der Waals surface area contributed by atoms with E-state index >= 15 is 0 Å². The molecule has 0 amide bonds. The van der Waals surface area contributed by atoms with Crippen molar-refractivity contribution in [2.75, 3.05) is 6.54 Å². The van der Waals surface area contributed by atoms with E-state index < -0.39 is 12.1 Å². The molecule has 3 N–H and O–H groups in total. The molecule has 0 radical (unpaired) electrons. The summed E-state index contributed by atoms with van der Waals surface area (Å²) in [7, 11) is 0. The highest BCUT2D eigenvalue weighted by atomic mass is 16.4. The first-order chi connectivity index (χ1) is 5.61. The Morgan fingerprint density at radius 2 is 2.33 bits per heavy atom. The topological polar surface area (TPSA) is 69.6 Å². The number of nitrogens with one attached hydrogen (secondary N) is 1. The maximum atomic E-state index is 10.5. The van der Waals surface area contributed by atoms with E-state index in [1.807, 2.05) is 0 Å². The molecule has 4 nitrogen and oxygen atoms in total. The Balaban J connectivity index is 2.21. The molecule has 12 heavy (non-hydrogen) atoms. The van der Waals surface area contributed by atoms with Crippen LogP contribution in [0.2, 0.25) is 0 Å². The molecule has 0 aliphatic heterocycles. The highest BCUT2D eigenvalue weighted by Crippen LogP contribution is 2.27. The molecule has 0 aromatic rings. The van der Waals surface area contributed by atoms with Crippen molar-refractivity contribution in [1.82, 2.24) is 5.32 Å². The molecule has 1 saturated carbocycles. The maximum Gasteiger partial charge on any atom is 0.308 e. The summed E-state index contributed by atoms with van der Waals surface area (Å²) >= 11 is 0. The Morgan fingerprint density at radius 3 is 2.67 bits per heavy atom. The second-order valence-corrected chi connectivity index (χ2v) is 3.39. The van der Waals surface area contributed by atoms with Crippen molar-refractivity contribution in [3.63, 3.8) is 0 Å². The molecule has 0 saturated heterocycles. The third-order valence-corrected chi connectivity index (χ3v) is 2.27. The molecule has 0 bridgehead atoms. The van der Waals surface area contributed by atoms with Gasteiger partial charge in [0, 0.05) is 12.6 Å². The molecule has 0 aromatic carbocycles. The highest BCUT2D eigenvalue weighted by Gasteiger charge is 2.35. The van der Waals surface area contributed by atoms with Gasteiger partial charge in [-0.15, -0.1) is 0 Å². The fourth-order valence-corrected chi connectivity index (χ4v) is 1.36. The molecule has 70 valence electrons. The third-order valence-electron chi connectivity index (χ3n) is 2.27. The molecule has 3 atom stereocenters. The van der Waals surface area contributed by atoms with Crippen LogP contribution in [0, 0.1) is 5.92 Å². The van der Waals surface area contributed by atoms with Crippen molar-refractivity contribution >= 4 is 5.97 Å². The summed E-state index contributed by atoms with van der Waals surface area (Å²) in [6.45, 7) is 2.16. The highest BCUT2D eigenvalue weighted by molar-refractivity contribution is 5.72. The molecule has 1 aliphatic rings. The second kappa shape index (κ2) is 3.87. The first kappa shape index (κ1) is 9.48. The molecular formula is C8H15NO3. The number of aliphatic hydroxyl groups excluding tert-OH is 1. The van der Waals surface area contributed by atoms with Gasteiger partial charge in [0.1, 0.15) is 0 Å². The lowest BCUT2D eigenvalue weighted by atomic mass is 9.79. The quantitative estimate of drug-likeness (QED) is 0.551. The monoisotopic (exact) mass is 173 g/mol. The Hall–Kier alpha value is -0.610. The van der Waals surface area contributed by atoms with E-state index in [4.69, 9.17) is 10.2 Å². The summed E-state index contributed by atoms with van der Waals surface area (Å²) < 4.78 is 0. The average Bonchev–Trinajstić information content (AvgIpc) is 1.82. The van der Waals surface area contributed by atoms with Crippen molar-refractivity contribution in [2.45, 2.75) is 31.9 Å². The minimum Gasteiger partial charge on any atom is -0.481 e. The summed E-state index contributed by atoms with van der Waals surface area (Å²) in [6, 6.07) is 0.0668. The van der Waals surface area contributed by atoms with Crippen LogP contribution in [0.15, 0.2) is 0 Å². The molecule has 1 fully saturated rings. The average molecular weight is 173 g/mol. The number of aliphatic carboxylic acids is 1. The van der Waals surface area contributed by atoms with Crippen molar-refractivity contribution < 1.29 is 15.0 Å². The van der Waals surface area contributed by atoms with Crippen LogP contribution in [0.1, 0.15) is 19.8 Å². The summed E-state index contributed by atoms with van der Waals surface area (Å²) in [6.07, 6.45) is 1.26. The molecule has 0 spiro atoms. The predicted octanol–water partition coefficient (Wildman–Crippen LogP) is -0.180. The Bertz CT molecular complexity index is 170. The molecular weight excluding hydrogens is 158 g/mol. The van der Waals surface area contributed by atoms with E-state index in [2.05, 4.69) is 5.32 Å². The number of aliphatic hydroxyl groups is 1. The Morgan fingerprint density at radius 1 is 1.67 bits per heavy atom. The van der Waals surface area contributed by atoms with Gasteiger partial charge >= 0.3 is 5.97 Å². The second-order valence-electron chi connectivity index (χ2n) is 3.39. The Labute approximate surface area is 71.6 Å². The van der Waals surface area contributed by atoms with Gasteiger partial charge in [0.15, 0.2) is 0 Å². The van der Waals surface area contributed by atoms with Crippen LogP contribution in [0.5, 0.6) is 0 Å². The van der Waals surface area contributed by atoms with Gasteiger partial charge in [-0.05, 0) is 19.8 Å². The summed E-state index contributed by atoms with van der Waals surface area (Å²) in [4.78, 5) is 10.5. The molecule has 0 aromatic heterocycles. The van der Waals surface area contributed by atoms with Crippen molar-refractivity contribution in [3.8, 4) is 0 Å². The fourth-order valence-electron chi connectivity index (χ4n) is 1.36. The van der Waals surface area contributed by atoms with Crippen LogP contribution in [0.25, 0.3) is 0 Å². The van der Waals surface area contributed by atoms with Crippen molar-refractivity contribution in [1.29, 1.82) is 0 Å². The normalized spacial score (nSPS) is 30.8. The van der Waals surface area contributed by atoms with Crippen LogP contribution >= 0.6 is 0 Å². The van der Waals surface area contributed by atoms with Gasteiger partial charge in [0.2, 0.25) is 0 Å². The third kappa shape index (κ3) is 2.19. The van der Waals surface area contributed by atoms with Gasteiger partial charge in [-0.3, -0.25) is 4.79 Å². The predicted molar refractivity (Wildman–Crippen MR) is 43.8 cm³/mol. The van der Waals surface area contributed by atoms with Gasteiger partial charge in [0.05, 0.1) is 12.0 Å². The zero-order chi connectivity index (χ0) is 9.14. The molecule has 1 rings (SSSR count). The lowest BCUT2D eigenvalue weighted by Crippen LogP contribution is -2.49. The standard InChI is InChI=1S/C8H15NO3/c1-5(10)4-9-7-3-2-6(7)8(11)12/h5-7,9-10H,2-4H2,1H3,(H,11,12). The SMILES string of the molecule is CC(O)CNC1CCC1C(=O)O. The number of rotatable bonds is 4. The smallest absolute Gasteiger partial charge is 0.308 e. The van der Waals surface area contributed by atoms with Crippen molar-refractivity contribution in [3.05, 3.63) is 0 Å². The number of carboxylic acid groups (broad SMARTS) is 1. The molecule has 0 heterocycles. The summed E-state index contributed by atoms with van der Waals surface area (Å²) in [5, 5.41) is 20.6. The number of carboxylic acids is 1. The summed E-state index contributed by atoms with van der Waals surface area (Å²) in [5.41, 5.74) is 0. The Kier molecular flexibility index (Phi) is 3.05. The van der Waals surface area contributed by atoms with Crippen LogP contribution in [0.4, 0.5) is 0 Å². The minimum atomic E-state index is -0.732. The van der Waals surface area contributed by atoms with E-state index in [9.17, 15) is 4.79 Å². The number of hydrogen-bond acceptors (Lipinski definition) is 3.